The lowest BCUT2D eigenvalue weighted by Gasteiger charge is -2.20. The van der Waals surface area contributed by atoms with Crippen molar-refractivity contribution in [3.05, 3.63) is 30.3 Å². The zero-order chi connectivity index (χ0) is 14.2. The summed E-state index contributed by atoms with van der Waals surface area (Å²) in [6, 6.07) is 9.60. The number of nitrogens with zero attached hydrogens (tertiary/aromatic N) is 2. The van der Waals surface area contributed by atoms with E-state index >= 15 is 0 Å². The minimum atomic E-state index is -0.959. The fraction of sp³-hybridized carbons (Fsp3) is 0.533. The summed E-state index contributed by atoms with van der Waals surface area (Å²) in [5, 5.41) is 3.32. The molecule has 1 saturated heterocycles. The molecule has 0 aromatic heterocycles. The van der Waals surface area contributed by atoms with Crippen LogP contribution in [0.15, 0.2) is 40.2 Å². The van der Waals surface area contributed by atoms with E-state index in [1.807, 2.05) is 30.3 Å². The van der Waals surface area contributed by atoms with Crippen LogP contribution >= 0.6 is 24.0 Å². The van der Waals surface area contributed by atoms with E-state index in [2.05, 4.69) is 22.1 Å². The summed E-state index contributed by atoms with van der Waals surface area (Å²) in [6.45, 7) is 5.70. The van der Waals surface area contributed by atoms with Crippen LogP contribution in [0.2, 0.25) is 0 Å². The quantitative estimate of drug-likeness (QED) is 0.452. The number of guanidine groups is 1. The molecule has 1 aliphatic heterocycles. The van der Waals surface area contributed by atoms with E-state index in [4.69, 9.17) is 0 Å². The average Bonchev–Trinajstić information content (AvgIpc) is 3.01. The summed E-state index contributed by atoms with van der Waals surface area (Å²) in [4.78, 5) is 7.77. The predicted octanol–water partition coefficient (Wildman–Crippen LogP) is 2.47. The molecule has 1 unspecified atom stereocenters. The molecule has 0 amide bonds. The van der Waals surface area contributed by atoms with Gasteiger partial charge in [-0.25, -0.2) is 0 Å². The van der Waals surface area contributed by atoms with Crippen molar-refractivity contribution in [1.29, 1.82) is 0 Å². The largest absolute Gasteiger partial charge is 0.357 e. The fourth-order valence-corrected chi connectivity index (χ4v) is 3.23. The maximum Gasteiger partial charge on any atom is 0.193 e. The number of benzene rings is 1. The van der Waals surface area contributed by atoms with Crippen LogP contribution in [0.5, 0.6) is 0 Å². The summed E-state index contributed by atoms with van der Waals surface area (Å²) >= 11 is 0. The SMILES string of the molecule is CCNC(=NCCS(=O)c1ccccc1)N1CCCC1.I. The second-order valence-corrected chi connectivity index (χ2v) is 6.36. The predicted molar refractivity (Wildman–Crippen MR) is 99.9 cm³/mol. The van der Waals surface area contributed by atoms with Gasteiger partial charge in [0.1, 0.15) is 0 Å². The van der Waals surface area contributed by atoms with Crippen molar-refractivity contribution in [3.8, 4) is 0 Å². The van der Waals surface area contributed by atoms with Crippen LogP contribution < -0.4 is 5.32 Å². The molecule has 0 saturated carbocycles. The van der Waals surface area contributed by atoms with Gasteiger partial charge in [0, 0.05) is 30.3 Å². The van der Waals surface area contributed by atoms with Crippen molar-refractivity contribution in [2.45, 2.75) is 24.7 Å². The highest BCUT2D eigenvalue weighted by atomic mass is 127. The molecule has 0 radical (unpaired) electrons. The van der Waals surface area contributed by atoms with Crippen molar-refractivity contribution in [2.75, 3.05) is 31.9 Å². The highest BCUT2D eigenvalue weighted by Crippen LogP contribution is 2.08. The summed E-state index contributed by atoms with van der Waals surface area (Å²) in [5.41, 5.74) is 0. The highest BCUT2D eigenvalue weighted by molar-refractivity contribution is 14.0. The van der Waals surface area contributed by atoms with E-state index in [1.165, 1.54) is 12.8 Å². The lowest BCUT2D eigenvalue weighted by atomic mass is 10.4. The van der Waals surface area contributed by atoms with E-state index in [-0.39, 0.29) is 24.0 Å². The van der Waals surface area contributed by atoms with Crippen LogP contribution in [-0.2, 0) is 10.8 Å². The van der Waals surface area contributed by atoms with Gasteiger partial charge in [0.05, 0.1) is 17.3 Å². The Bertz CT molecular complexity index is 461. The Morgan fingerprint density at radius 1 is 1.29 bits per heavy atom. The molecule has 1 N–H and O–H groups in total. The monoisotopic (exact) mass is 421 g/mol. The highest BCUT2D eigenvalue weighted by Gasteiger charge is 2.15. The summed E-state index contributed by atoms with van der Waals surface area (Å²) in [7, 11) is -0.959. The van der Waals surface area contributed by atoms with E-state index < -0.39 is 10.8 Å². The first-order valence-corrected chi connectivity index (χ1v) is 8.60. The van der Waals surface area contributed by atoms with Gasteiger partial charge in [-0.1, -0.05) is 18.2 Å². The number of likely N-dealkylation sites (tertiary alicyclic amines) is 1. The Morgan fingerprint density at radius 2 is 1.95 bits per heavy atom. The minimum absolute atomic E-state index is 0. The zero-order valence-corrected chi connectivity index (χ0v) is 15.6. The van der Waals surface area contributed by atoms with Crippen LogP contribution in [-0.4, -0.2) is 47.0 Å². The Balaban J connectivity index is 0.00000220. The van der Waals surface area contributed by atoms with Crippen LogP contribution in [0.1, 0.15) is 19.8 Å². The molecule has 1 aromatic carbocycles. The number of hydrogen-bond acceptors (Lipinski definition) is 2. The molecule has 1 aliphatic rings. The maximum absolute atomic E-state index is 12.1. The van der Waals surface area contributed by atoms with Gasteiger partial charge in [0.2, 0.25) is 0 Å². The van der Waals surface area contributed by atoms with Crippen LogP contribution in [0.25, 0.3) is 0 Å². The normalized spacial score (nSPS) is 16.4. The Morgan fingerprint density at radius 3 is 2.57 bits per heavy atom. The Kier molecular flexibility index (Phi) is 8.91. The molecule has 1 atom stereocenters. The second kappa shape index (κ2) is 10.2. The fourth-order valence-electron chi connectivity index (χ4n) is 2.28. The molecule has 0 bridgehead atoms. The molecule has 1 heterocycles. The van der Waals surface area contributed by atoms with Crippen molar-refractivity contribution in [2.24, 2.45) is 4.99 Å². The number of nitrogens with one attached hydrogen (secondary N) is 1. The molecule has 2 rings (SSSR count). The van der Waals surface area contributed by atoms with Crippen molar-refractivity contribution < 1.29 is 4.21 Å². The Hall–Kier alpha value is -0.630. The van der Waals surface area contributed by atoms with E-state index in [9.17, 15) is 4.21 Å². The molecule has 0 aliphatic carbocycles. The number of halogens is 1. The first-order valence-electron chi connectivity index (χ1n) is 7.28. The van der Waals surface area contributed by atoms with Crippen LogP contribution in [0.4, 0.5) is 0 Å². The van der Waals surface area contributed by atoms with Gasteiger partial charge in [0.25, 0.3) is 0 Å². The molecular formula is C15H24IN3OS. The number of hydrogen-bond donors (Lipinski definition) is 1. The molecule has 21 heavy (non-hydrogen) atoms. The third-order valence-corrected chi connectivity index (χ3v) is 4.64. The summed E-state index contributed by atoms with van der Waals surface area (Å²) in [6.07, 6.45) is 2.47. The van der Waals surface area contributed by atoms with Gasteiger partial charge < -0.3 is 10.2 Å². The summed E-state index contributed by atoms with van der Waals surface area (Å²) < 4.78 is 12.1. The lowest BCUT2D eigenvalue weighted by molar-refractivity contribution is 0.494. The first kappa shape index (κ1) is 18.4. The van der Waals surface area contributed by atoms with Crippen LogP contribution in [0, 0.1) is 0 Å². The molecule has 118 valence electrons. The molecule has 4 nitrogen and oxygen atoms in total. The molecule has 0 spiro atoms. The number of rotatable bonds is 5. The third kappa shape index (κ3) is 5.94. The number of aliphatic imine (C=N–C) groups is 1. The molecule has 1 fully saturated rings. The Labute approximate surface area is 146 Å². The standard InChI is InChI=1S/C15H23N3OS.HI/c1-2-16-15(18-11-6-7-12-18)17-10-13-20(19)14-8-4-3-5-9-14;/h3-5,8-9H,2,6-7,10-13H2,1H3,(H,16,17);1H. The van der Waals surface area contributed by atoms with Crippen molar-refractivity contribution in [1.82, 2.24) is 10.2 Å². The van der Waals surface area contributed by atoms with Gasteiger partial charge in [-0.2, -0.15) is 0 Å². The average molecular weight is 421 g/mol. The molecule has 6 heteroatoms. The molecular weight excluding hydrogens is 397 g/mol. The van der Waals surface area contributed by atoms with Gasteiger partial charge in [-0.05, 0) is 31.9 Å². The smallest absolute Gasteiger partial charge is 0.193 e. The van der Waals surface area contributed by atoms with Gasteiger partial charge >= 0.3 is 0 Å². The zero-order valence-electron chi connectivity index (χ0n) is 12.5. The first-order chi connectivity index (χ1) is 9.81. The second-order valence-electron chi connectivity index (χ2n) is 4.79. The lowest BCUT2D eigenvalue weighted by Crippen LogP contribution is -2.39. The van der Waals surface area contributed by atoms with E-state index in [1.54, 1.807) is 0 Å². The third-order valence-electron chi connectivity index (χ3n) is 3.28. The van der Waals surface area contributed by atoms with Crippen molar-refractivity contribution >= 4 is 40.7 Å². The maximum atomic E-state index is 12.1. The van der Waals surface area contributed by atoms with Crippen LogP contribution in [0.3, 0.4) is 0 Å². The van der Waals surface area contributed by atoms with E-state index in [0.29, 0.717) is 12.3 Å². The van der Waals surface area contributed by atoms with E-state index in [0.717, 1.165) is 30.5 Å². The molecule has 1 aromatic rings. The van der Waals surface area contributed by atoms with Crippen molar-refractivity contribution in [3.63, 3.8) is 0 Å². The van der Waals surface area contributed by atoms with Gasteiger partial charge in [-0.15, -0.1) is 24.0 Å². The topological polar surface area (TPSA) is 44.7 Å². The minimum Gasteiger partial charge on any atom is -0.357 e. The van der Waals surface area contributed by atoms with Gasteiger partial charge in [-0.3, -0.25) is 9.20 Å². The van der Waals surface area contributed by atoms with Gasteiger partial charge in [0.15, 0.2) is 5.96 Å². The summed E-state index contributed by atoms with van der Waals surface area (Å²) in [5.74, 6) is 1.54.